The standard InChI is InChI=1S/C22H33N5/c1-3-23-22(25-16-21-11-14-26(2)17-21)24-15-19-7-9-20(10-8-19)18-27-12-5-4-6-13-27/h7-11,14,17H,3-6,12-13,15-16,18H2,1-2H3,(H2,23,24,25). The molecule has 2 aromatic rings. The predicted octanol–water partition coefficient (Wildman–Crippen LogP) is 3.27. The molecule has 0 aliphatic carbocycles. The zero-order valence-electron chi connectivity index (χ0n) is 16.7. The summed E-state index contributed by atoms with van der Waals surface area (Å²) in [7, 11) is 2.03. The van der Waals surface area contributed by atoms with E-state index in [0.29, 0.717) is 6.54 Å². The normalized spacial score (nSPS) is 15.7. The Hall–Kier alpha value is -2.27. The van der Waals surface area contributed by atoms with Crippen LogP contribution in [0.5, 0.6) is 0 Å². The van der Waals surface area contributed by atoms with Gasteiger partial charge in [-0.3, -0.25) is 4.90 Å². The van der Waals surface area contributed by atoms with Gasteiger partial charge in [-0.1, -0.05) is 30.7 Å². The average molecular weight is 368 g/mol. The van der Waals surface area contributed by atoms with E-state index in [0.717, 1.165) is 25.6 Å². The third-order valence-electron chi connectivity index (χ3n) is 4.99. The third kappa shape index (κ3) is 6.43. The van der Waals surface area contributed by atoms with Crippen LogP contribution in [-0.2, 0) is 26.7 Å². The summed E-state index contributed by atoms with van der Waals surface area (Å²) < 4.78 is 2.05. The van der Waals surface area contributed by atoms with Crippen LogP contribution >= 0.6 is 0 Å². The lowest BCUT2D eigenvalue weighted by atomic mass is 10.1. The second-order valence-electron chi connectivity index (χ2n) is 7.39. The first-order chi connectivity index (χ1) is 13.2. The molecule has 0 atom stereocenters. The molecule has 1 aromatic carbocycles. The zero-order chi connectivity index (χ0) is 18.9. The maximum atomic E-state index is 4.68. The van der Waals surface area contributed by atoms with Crippen LogP contribution in [0.3, 0.4) is 0 Å². The SMILES string of the molecule is CCNC(=NCc1ccn(C)c1)NCc1ccc(CN2CCCCC2)cc1. The number of aliphatic imine (C=N–C) groups is 1. The van der Waals surface area contributed by atoms with Crippen LogP contribution in [0.25, 0.3) is 0 Å². The number of aryl methyl sites for hydroxylation is 1. The number of rotatable bonds is 7. The molecule has 0 unspecified atom stereocenters. The molecule has 3 rings (SSSR count). The van der Waals surface area contributed by atoms with E-state index in [1.807, 2.05) is 7.05 Å². The molecule has 1 aliphatic rings. The van der Waals surface area contributed by atoms with Gasteiger partial charge in [0.05, 0.1) is 6.54 Å². The summed E-state index contributed by atoms with van der Waals surface area (Å²) in [6, 6.07) is 11.1. The highest BCUT2D eigenvalue weighted by Crippen LogP contribution is 2.13. The molecular formula is C22H33N5. The van der Waals surface area contributed by atoms with Gasteiger partial charge in [-0.25, -0.2) is 4.99 Å². The van der Waals surface area contributed by atoms with Crippen molar-refractivity contribution in [3.8, 4) is 0 Å². The molecule has 0 saturated carbocycles. The molecule has 0 radical (unpaired) electrons. The van der Waals surface area contributed by atoms with Crippen molar-refractivity contribution in [1.29, 1.82) is 0 Å². The molecule has 146 valence electrons. The first-order valence-electron chi connectivity index (χ1n) is 10.2. The van der Waals surface area contributed by atoms with Crippen molar-refractivity contribution in [2.45, 2.75) is 45.8 Å². The van der Waals surface area contributed by atoms with Crippen LogP contribution in [0.1, 0.15) is 42.9 Å². The van der Waals surface area contributed by atoms with Gasteiger partial charge in [0.15, 0.2) is 5.96 Å². The van der Waals surface area contributed by atoms with Crippen LogP contribution in [0.2, 0.25) is 0 Å². The quantitative estimate of drug-likeness (QED) is 0.583. The number of hydrogen-bond acceptors (Lipinski definition) is 2. The molecule has 5 nitrogen and oxygen atoms in total. The Morgan fingerprint density at radius 1 is 0.963 bits per heavy atom. The summed E-state index contributed by atoms with van der Waals surface area (Å²) in [6.07, 6.45) is 8.24. The minimum Gasteiger partial charge on any atom is -0.357 e. The highest BCUT2D eigenvalue weighted by molar-refractivity contribution is 5.79. The molecule has 0 amide bonds. The van der Waals surface area contributed by atoms with Crippen LogP contribution in [0.15, 0.2) is 47.7 Å². The first-order valence-corrected chi connectivity index (χ1v) is 10.2. The van der Waals surface area contributed by atoms with Crippen molar-refractivity contribution < 1.29 is 0 Å². The number of aromatic nitrogens is 1. The Balaban J connectivity index is 1.50. The van der Waals surface area contributed by atoms with Gasteiger partial charge >= 0.3 is 0 Å². The van der Waals surface area contributed by atoms with Crippen molar-refractivity contribution in [3.63, 3.8) is 0 Å². The fourth-order valence-corrected chi connectivity index (χ4v) is 3.49. The number of nitrogens with zero attached hydrogens (tertiary/aromatic N) is 3. The maximum absolute atomic E-state index is 4.68. The Labute approximate surface area is 163 Å². The Morgan fingerprint density at radius 3 is 2.37 bits per heavy atom. The Morgan fingerprint density at radius 2 is 1.70 bits per heavy atom. The molecule has 1 aliphatic heterocycles. The summed E-state index contributed by atoms with van der Waals surface area (Å²) in [5.41, 5.74) is 3.91. The van der Waals surface area contributed by atoms with Crippen molar-refractivity contribution in [2.24, 2.45) is 12.0 Å². The van der Waals surface area contributed by atoms with E-state index in [2.05, 4.69) is 74.7 Å². The Bertz CT molecular complexity index is 711. The zero-order valence-corrected chi connectivity index (χ0v) is 16.7. The number of guanidine groups is 1. The van der Waals surface area contributed by atoms with Crippen molar-refractivity contribution in [3.05, 3.63) is 59.4 Å². The van der Waals surface area contributed by atoms with Gasteiger partial charge < -0.3 is 15.2 Å². The lowest BCUT2D eigenvalue weighted by molar-refractivity contribution is 0.221. The molecule has 1 aromatic heterocycles. The first kappa shape index (κ1) is 19.5. The number of likely N-dealkylation sites (tertiary alicyclic amines) is 1. The van der Waals surface area contributed by atoms with Gasteiger partial charge in [0.25, 0.3) is 0 Å². The average Bonchev–Trinajstić information content (AvgIpc) is 3.11. The fourth-order valence-electron chi connectivity index (χ4n) is 3.49. The highest BCUT2D eigenvalue weighted by Gasteiger charge is 2.10. The summed E-state index contributed by atoms with van der Waals surface area (Å²) >= 11 is 0. The number of benzene rings is 1. The van der Waals surface area contributed by atoms with E-state index in [-0.39, 0.29) is 0 Å². The van der Waals surface area contributed by atoms with E-state index >= 15 is 0 Å². The highest BCUT2D eigenvalue weighted by atomic mass is 15.2. The summed E-state index contributed by atoms with van der Waals surface area (Å²) in [5, 5.41) is 6.76. The van der Waals surface area contributed by atoms with Gasteiger partial charge in [-0.2, -0.15) is 0 Å². The van der Waals surface area contributed by atoms with Crippen LogP contribution in [0.4, 0.5) is 0 Å². The molecule has 27 heavy (non-hydrogen) atoms. The molecule has 1 fully saturated rings. The van der Waals surface area contributed by atoms with E-state index in [1.54, 1.807) is 0 Å². The molecular weight excluding hydrogens is 334 g/mol. The lowest BCUT2D eigenvalue weighted by Crippen LogP contribution is -2.36. The predicted molar refractivity (Wildman–Crippen MR) is 113 cm³/mol. The second-order valence-corrected chi connectivity index (χ2v) is 7.39. The van der Waals surface area contributed by atoms with Gasteiger partial charge in [0, 0.05) is 39.1 Å². The lowest BCUT2D eigenvalue weighted by Gasteiger charge is -2.26. The van der Waals surface area contributed by atoms with Gasteiger partial charge in [0.2, 0.25) is 0 Å². The third-order valence-corrected chi connectivity index (χ3v) is 4.99. The minimum absolute atomic E-state index is 0.685. The van der Waals surface area contributed by atoms with Gasteiger partial charge in [-0.15, -0.1) is 0 Å². The molecule has 1 saturated heterocycles. The van der Waals surface area contributed by atoms with Crippen molar-refractivity contribution >= 4 is 5.96 Å². The summed E-state index contributed by atoms with van der Waals surface area (Å²) in [5.74, 6) is 0.860. The molecule has 2 N–H and O–H groups in total. The molecule has 5 heteroatoms. The Kier molecular flexibility index (Phi) is 7.34. The van der Waals surface area contributed by atoms with Crippen LogP contribution < -0.4 is 10.6 Å². The molecule has 2 heterocycles. The van der Waals surface area contributed by atoms with E-state index in [4.69, 9.17) is 0 Å². The van der Waals surface area contributed by atoms with E-state index < -0.39 is 0 Å². The topological polar surface area (TPSA) is 44.6 Å². The van der Waals surface area contributed by atoms with Gasteiger partial charge in [-0.05, 0) is 55.6 Å². The summed E-state index contributed by atoms with van der Waals surface area (Å²) in [4.78, 5) is 7.25. The fraction of sp³-hybridized carbons (Fsp3) is 0.500. The van der Waals surface area contributed by atoms with Gasteiger partial charge in [0.1, 0.15) is 0 Å². The van der Waals surface area contributed by atoms with E-state index in [9.17, 15) is 0 Å². The second kappa shape index (κ2) is 10.2. The minimum atomic E-state index is 0.685. The monoisotopic (exact) mass is 367 g/mol. The number of nitrogens with one attached hydrogen (secondary N) is 2. The molecule has 0 spiro atoms. The van der Waals surface area contributed by atoms with Crippen LogP contribution in [0, 0.1) is 0 Å². The molecule has 0 bridgehead atoms. The van der Waals surface area contributed by atoms with Crippen LogP contribution in [-0.4, -0.2) is 35.1 Å². The van der Waals surface area contributed by atoms with E-state index in [1.165, 1.54) is 49.0 Å². The maximum Gasteiger partial charge on any atom is 0.191 e. The number of piperidine rings is 1. The van der Waals surface area contributed by atoms with Crippen molar-refractivity contribution in [2.75, 3.05) is 19.6 Å². The number of hydrogen-bond donors (Lipinski definition) is 2. The van der Waals surface area contributed by atoms with Crippen molar-refractivity contribution in [1.82, 2.24) is 20.1 Å². The largest absolute Gasteiger partial charge is 0.357 e. The summed E-state index contributed by atoms with van der Waals surface area (Å²) in [6.45, 7) is 7.98. The smallest absolute Gasteiger partial charge is 0.191 e.